The topological polar surface area (TPSA) is 71.9 Å². The van der Waals surface area contributed by atoms with Crippen LogP contribution in [0.4, 0.5) is 0 Å². The molecule has 1 aromatic carbocycles. The van der Waals surface area contributed by atoms with Gasteiger partial charge in [-0.3, -0.25) is 4.79 Å². The number of aryl methyl sites for hydroxylation is 2. The third-order valence-corrected chi connectivity index (χ3v) is 6.17. The molecule has 22 heavy (non-hydrogen) atoms. The molecule has 114 valence electrons. The van der Waals surface area contributed by atoms with E-state index < -0.39 is 15.6 Å². The zero-order chi connectivity index (χ0) is 16.1. The van der Waals surface area contributed by atoms with Crippen LogP contribution in [0.2, 0.25) is 0 Å². The highest BCUT2D eigenvalue weighted by molar-refractivity contribution is 9.10. The molecule has 0 amide bonds. The van der Waals surface area contributed by atoms with Gasteiger partial charge in [0.2, 0.25) is 0 Å². The first-order valence-corrected chi connectivity index (χ1v) is 8.78. The first-order chi connectivity index (χ1) is 10.3. The van der Waals surface area contributed by atoms with Crippen LogP contribution >= 0.6 is 15.9 Å². The van der Waals surface area contributed by atoms with Crippen LogP contribution in [0.25, 0.3) is 10.9 Å². The maximum absolute atomic E-state index is 13.0. The number of nitrogens with one attached hydrogen (secondary N) is 1. The first-order valence-electron chi connectivity index (χ1n) is 6.54. The summed E-state index contributed by atoms with van der Waals surface area (Å²) >= 11 is 3.34. The fraction of sp³-hybridized carbons (Fsp3) is 0.133. The molecule has 0 bridgehead atoms. The van der Waals surface area contributed by atoms with Gasteiger partial charge in [0, 0.05) is 21.7 Å². The molecular formula is C15H13BrN2O3S. The number of pyridine rings is 1. The second-order valence-electron chi connectivity index (χ2n) is 5.05. The van der Waals surface area contributed by atoms with E-state index >= 15 is 0 Å². The predicted molar refractivity (Wildman–Crippen MR) is 88.8 cm³/mol. The summed E-state index contributed by atoms with van der Waals surface area (Å²) in [7, 11) is -3.85. The fourth-order valence-corrected chi connectivity index (χ4v) is 4.74. The Morgan fingerprint density at radius 2 is 1.86 bits per heavy atom. The zero-order valence-corrected chi connectivity index (χ0v) is 14.3. The van der Waals surface area contributed by atoms with Crippen LogP contribution in [0.1, 0.15) is 11.3 Å². The van der Waals surface area contributed by atoms with Crippen LogP contribution < -0.4 is 5.56 Å². The normalized spacial score (nSPS) is 12.0. The Balaban J connectivity index is 2.46. The molecule has 5 nitrogen and oxygen atoms in total. The number of aromatic amines is 1. The Kier molecular flexibility index (Phi) is 3.49. The zero-order valence-electron chi connectivity index (χ0n) is 11.9. The van der Waals surface area contributed by atoms with Gasteiger partial charge in [-0.1, -0.05) is 18.2 Å². The summed E-state index contributed by atoms with van der Waals surface area (Å²) in [6.07, 6.45) is 1.51. The van der Waals surface area contributed by atoms with E-state index in [0.717, 1.165) is 3.97 Å². The molecule has 0 aliphatic rings. The van der Waals surface area contributed by atoms with Gasteiger partial charge in [-0.25, -0.2) is 12.4 Å². The standard InChI is InChI=1S/C15H13BrN2O3S/c1-9-5-3-4-6-13(9)22(20,21)18-10(2)7-11-12(16)8-17-15(19)14(11)18/h3-8H,1-2H3,(H,17,19). The van der Waals surface area contributed by atoms with Crippen LogP contribution in [0.3, 0.4) is 0 Å². The summed E-state index contributed by atoms with van der Waals surface area (Å²) in [6, 6.07) is 8.40. The summed E-state index contributed by atoms with van der Waals surface area (Å²) in [5, 5.41) is 0.568. The van der Waals surface area contributed by atoms with Crippen LogP contribution in [0.15, 0.2) is 50.7 Å². The second kappa shape index (κ2) is 5.10. The highest BCUT2D eigenvalue weighted by Crippen LogP contribution is 2.28. The number of aromatic nitrogens is 2. The van der Waals surface area contributed by atoms with Crippen molar-refractivity contribution in [1.29, 1.82) is 0 Å². The van der Waals surface area contributed by atoms with Gasteiger partial charge in [-0.15, -0.1) is 0 Å². The number of nitrogens with zero attached hydrogens (tertiary/aromatic N) is 1. The SMILES string of the molecule is Cc1ccccc1S(=O)(=O)n1c(C)cc2c(Br)c[nH]c(=O)c21. The van der Waals surface area contributed by atoms with Gasteiger partial charge in [-0.05, 0) is 47.5 Å². The summed E-state index contributed by atoms with van der Waals surface area (Å²) in [4.78, 5) is 14.9. The van der Waals surface area contributed by atoms with Crippen LogP contribution in [0.5, 0.6) is 0 Å². The molecule has 0 spiro atoms. The van der Waals surface area contributed by atoms with Crippen LogP contribution in [-0.4, -0.2) is 17.4 Å². The van der Waals surface area contributed by atoms with E-state index in [1.54, 1.807) is 44.2 Å². The van der Waals surface area contributed by atoms with Crippen molar-refractivity contribution >= 4 is 36.9 Å². The summed E-state index contributed by atoms with van der Waals surface area (Å²) in [6.45, 7) is 3.40. The molecule has 0 atom stereocenters. The van der Waals surface area contributed by atoms with E-state index in [9.17, 15) is 13.2 Å². The number of benzene rings is 1. The maximum Gasteiger partial charge on any atom is 0.273 e. The van der Waals surface area contributed by atoms with Crippen molar-refractivity contribution in [1.82, 2.24) is 8.96 Å². The highest BCUT2D eigenvalue weighted by atomic mass is 79.9. The molecule has 0 unspecified atom stereocenters. The van der Waals surface area contributed by atoms with E-state index in [1.165, 1.54) is 6.20 Å². The molecule has 0 radical (unpaired) electrons. The van der Waals surface area contributed by atoms with Crippen LogP contribution in [0, 0.1) is 13.8 Å². The Bertz CT molecular complexity index is 1050. The van der Waals surface area contributed by atoms with E-state index in [0.29, 0.717) is 21.1 Å². The third-order valence-electron chi connectivity index (χ3n) is 3.55. The molecular weight excluding hydrogens is 368 g/mol. The number of rotatable bonds is 2. The van der Waals surface area contributed by atoms with E-state index in [1.807, 2.05) is 0 Å². The Hall–Kier alpha value is -1.86. The van der Waals surface area contributed by atoms with Crippen molar-refractivity contribution in [2.45, 2.75) is 18.7 Å². The van der Waals surface area contributed by atoms with E-state index in [-0.39, 0.29) is 10.4 Å². The molecule has 0 aliphatic carbocycles. The minimum Gasteiger partial charge on any atom is -0.326 e. The number of H-pyrrole nitrogens is 1. The van der Waals surface area contributed by atoms with Gasteiger partial charge in [0.1, 0.15) is 5.52 Å². The van der Waals surface area contributed by atoms with Crippen molar-refractivity contribution in [3.63, 3.8) is 0 Å². The first kappa shape index (κ1) is 15.1. The van der Waals surface area contributed by atoms with Gasteiger partial charge in [0.25, 0.3) is 15.6 Å². The Morgan fingerprint density at radius 3 is 2.55 bits per heavy atom. The largest absolute Gasteiger partial charge is 0.326 e. The van der Waals surface area contributed by atoms with Crippen LogP contribution in [-0.2, 0) is 10.0 Å². The van der Waals surface area contributed by atoms with E-state index in [2.05, 4.69) is 20.9 Å². The fourth-order valence-electron chi connectivity index (χ4n) is 2.55. The predicted octanol–water partition coefficient (Wildman–Crippen LogP) is 2.95. The lowest BCUT2D eigenvalue weighted by molar-refractivity contribution is 0.587. The molecule has 0 saturated carbocycles. The van der Waals surface area contributed by atoms with Crippen molar-refractivity contribution in [2.75, 3.05) is 0 Å². The minimum atomic E-state index is -3.85. The molecule has 2 aromatic heterocycles. The number of halogens is 1. The van der Waals surface area contributed by atoms with Crippen molar-refractivity contribution in [3.05, 3.63) is 62.6 Å². The summed E-state index contributed by atoms with van der Waals surface area (Å²) < 4.78 is 27.8. The maximum atomic E-state index is 13.0. The summed E-state index contributed by atoms with van der Waals surface area (Å²) in [5.41, 5.74) is 0.796. The molecule has 0 aliphatic heterocycles. The quantitative estimate of drug-likeness (QED) is 0.742. The average molecular weight is 381 g/mol. The van der Waals surface area contributed by atoms with Gasteiger partial charge >= 0.3 is 0 Å². The lowest BCUT2D eigenvalue weighted by atomic mass is 10.2. The van der Waals surface area contributed by atoms with Gasteiger partial charge < -0.3 is 4.98 Å². The number of hydrogen-bond donors (Lipinski definition) is 1. The van der Waals surface area contributed by atoms with Crippen molar-refractivity contribution < 1.29 is 8.42 Å². The van der Waals surface area contributed by atoms with Crippen molar-refractivity contribution in [2.24, 2.45) is 0 Å². The lowest BCUT2D eigenvalue weighted by Crippen LogP contribution is -2.20. The smallest absolute Gasteiger partial charge is 0.273 e. The third kappa shape index (κ3) is 2.12. The second-order valence-corrected chi connectivity index (χ2v) is 7.66. The summed E-state index contributed by atoms with van der Waals surface area (Å²) in [5.74, 6) is 0. The minimum absolute atomic E-state index is 0.120. The molecule has 7 heteroatoms. The lowest BCUT2D eigenvalue weighted by Gasteiger charge is -2.11. The molecule has 3 aromatic rings. The number of fused-ring (bicyclic) bond motifs is 1. The number of hydrogen-bond acceptors (Lipinski definition) is 3. The average Bonchev–Trinajstić information content (AvgIpc) is 2.82. The molecule has 2 heterocycles. The molecule has 0 fully saturated rings. The Morgan fingerprint density at radius 1 is 1.18 bits per heavy atom. The van der Waals surface area contributed by atoms with E-state index in [4.69, 9.17) is 0 Å². The molecule has 0 saturated heterocycles. The highest BCUT2D eigenvalue weighted by Gasteiger charge is 2.25. The molecule has 1 N–H and O–H groups in total. The Labute approximate surface area is 135 Å². The van der Waals surface area contributed by atoms with Gasteiger partial charge in [0.15, 0.2) is 0 Å². The molecule has 3 rings (SSSR count). The monoisotopic (exact) mass is 380 g/mol. The van der Waals surface area contributed by atoms with Gasteiger partial charge in [-0.2, -0.15) is 0 Å². The van der Waals surface area contributed by atoms with Crippen molar-refractivity contribution in [3.8, 4) is 0 Å². The van der Waals surface area contributed by atoms with Gasteiger partial charge in [0.05, 0.1) is 4.90 Å².